The van der Waals surface area contributed by atoms with Crippen molar-refractivity contribution >= 4 is 6.03 Å². The fourth-order valence-corrected chi connectivity index (χ4v) is 3.43. The van der Waals surface area contributed by atoms with Crippen LogP contribution < -0.4 is 5.32 Å². The number of nitrogens with one attached hydrogen (secondary N) is 1. The third-order valence-electron chi connectivity index (χ3n) is 4.74. The Morgan fingerprint density at radius 3 is 2.79 bits per heavy atom. The van der Waals surface area contributed by atoms with Crippen LogP contribution in [0.3, 0.4) is 0 Å². The summed E-state index contributed by atoms with van der Waals surface area (Å²) in [5, 5.41) is 3.11. The normalized spacial score (nSPS) is 16.5. The van der Waals surface area contributed by atoms with Crippen LogP contribution in [0.2, 0.25) is 0 Å². The summed E-state index contributed by atoms with van der Waals surface area (Å²) in [7, 11) is 0. The van der Waals surface area contributed by atoms with Gasteiger partial charge in [-0.25, -0.2) is 4.79 Å². The van der Waals surface area contributed by atoms with E-state index in [1.807, 2.05) is 11.0 Å². The maximum absolute atomic E-state index is 12.8. The highest BCUT2D eigenvalue weighted by Gasteiger charge is 2.30. The van der Waals surface area contributed by atoms with Gasteiger partial charge in [0.25, 0.3) is 0 Å². The first kappa shape index (κ1) is 16.6. The fourth-order valence-electron chi connectivity index (χ4n) is 3.43. The van der Waals surface area contributed by atoms with Crippen molar-refractivity contribution in [3.05, 3.63) is 53.9 Å². The van der Waals surface area contributed by atoms with Gasteiger partial charge in [-0.05, 0) is 42.5 Å². The number of para-hydroxylation sites is 1. The van der Waals surface area contributed by atoms with Gasteiger partial charge in [-0.15, -0.1) is 0 Å². The van der Waals surface area contributed by atoms with Gasteiger partial charge in [0.15, 0.2) is 0 Å². The zero-order chi connectivity index (χ0) is 17.1. The standard InChI is InChI=1S/C20H27N3O/c1-4-17-19-10-7-13-22(19)18-9-6-5-8-16(18)14-23(17)20(24)21-12-11-15(2)3/h5-10,13,15,17H,4,11-12,14H2,1-3H3,(H,21,24). The molecule has 128 valence electrons. The molecule has 1 aliphatic heterocycles. The number of nitrogens with zero attached hydrogens (tertiary/aromatic N) is 2. The molecule has 1 atom stereocenters. The van der Waals surface area contributed by atoms with Gasteiger partial charge in [-0.3, -0.25) is 0 Å². The van der Waals surface area contributed by atoms with E-state index in [2.05, 4.69) is 67.2 Å². The van der Waals surface area contributed by atoms with Crippen LogP contribution in [0.1, 0.15) is 50.9 Å². The van der Waals surface area contributed by atoms with E-state index in [-0.39, 0.29) is 12.1 Å². The second-order valence-corrected chi connectivity index (χ2v) is 6.90. The number of benzene rings is 1. The number of amides is 2. The third-order valence-corrected chi connectivity index (χ3v) is 4.74. The molecule has 0 radical (unpaired) electrons. The summed E-state index contributed by atoms with van der Waals surface area (Å²) in [4.78, 5) is 14.8. The van der Waals surface area contributed by atoms with Crippen molar-refractivity contribution in [2.45, 2.75) is 46.2 Å². The van der Waals surface area contributed by atoms with Gasteiger partial charge in [0.2, 0.25) is 0 Å². The Labute approximate surface area is 144 Å². The van der Waals surface area contributed by atoms with Crippen LogP contribution in [0.4, 0.5) is 4.79 Å². The molecule has 1 aliphatic rings. The average molecular weight is 325 g/mol. The second-order valence-electron chi connectivity index (χ2n) is 6.90. The zero-order valence-electron chi connectivity index (χ0n) is 14.8. The molecule has 4 heteroatoms. The second kappa shape index (κ2) is 7.12. The molecule has 2 amide bonds. The van der Waals surface area contributed by atoms with Crippen LogP contribution in [0.25, 0.3) is 5.69 Å². The van der Waals surface area contributed by atoms with Crippen molar-refractivity contribution in [3.8, 4) is 5.69 Å². The van der Waals surface area contributed by atoms with Crippen molar-refractivity contribution in [1.29, 1.82) is 0 Å². The topological polar surface area (TPSA) is 37.3 Å². The minimum absolute atomic E-state index is 0.0342. The van der Waals surface area contributed by atoms with Crippen LogP contribution in [-0.2, 0) is 6.54 Å². The molecule has 24 heavy (non-hydrogen) atoms. The molecule has 1 aromatic heterocycles. The molecule has 1 aromatic carbocycles. The van der Waals surface area contributed by atoms with E-state index in [4.69, 9.17) is 0 Å². The minimum Gasteiger partial charge on any atom is -0.338 e. The Bertz CT molecular complexity index is 704. The molecule has 1 unspecified atom stereocenters. The summed E-state index contributed by atoms with van der Waals surface area (Å²) in [5.41, 5.74) is 3.54. The molecule has 2 aromatic rings. The van der Waals surface area contributed by atoms with Gasteiger partial charge in [0.05, 0.1) is 18.3 Å². The number of carbonyl (C=O) groups is 1. The van der Waals surface area contributed by atoms with E-state index in [1.165, 1.54) is 16.9 Å². The van der Waals surface area contributed by atoms with Crippen molar-refractivity contribution in [3.63, 3.8) is 0 Å². The summed E-state index contributed by atoms with van der Waals surface area (Å²) in [6.07, 6.45) is 4.00. The molecule has 4 nitrogen and oxygen atoms in total. The Balaban J connectivity index is 1.91. The van der Waals surface area contributed by atoms with Gasteiger partial charge < -0.3 is 14.8 Å². The maximum Gasteiger partial charge on any atom is 0.318 e. The molecule has 2 heterocycles. The lowest BCUT2D eigenvalue weighted by atomic mass is 10.1. The van der Waals surface area contributed by atoms with Crippen molar-refractivity contribution in [1.82, 2.24) is 14.8 Å². The molecule has 0 saturated heterocycles. The van der Waals surface area contributed by atoms with E-state index in [0.717, 1.165) is 19.4 Å². The lowest BCUT2D eigenvalue weighted by Gasteiger charge is -2.30. The highest BCUT2D eigenvalue weighted by Crippen LogP contribution is 2.33. The number of hydrogen-bond donors (Lipinski definition) is 1. The predicted octanol–water partition coefficient (Wildman–Crippen LogP) is 4.50. The van der Waals surface area contributed by atoms with Gasteiger partial charge in [-0.2, -0.15) is 0 Å². The van der Waals surface area contributed by atoms with Crippen LogP contribution in [0.15, 0.2) is 42.6 Å². The molecule has 1 N–H and O–H groups in total. The highest BCUT2D eigenvalue weighted by molar-refractivity contribution is 5.75. The quantitative estimate of drug-likeness (QED) is 0.883. The lowest BCUT2D eigenvalue weighted by Crippen LogP contribution is -2.42. The molecule has 3 rings (SSSR count). The van der Waals surface area contributed by atoms with Gasteiger partial charge in [0.1, 0.15) is 0 Å². The summed E-state index contributed by atoms with van der Waals surface area (Å²) in [6.45, 7) is 7.87. The average Bonchev–Trinajstić information content (AvgIpc) is 2.99. The Kier molecular flexibility index (Phi) is 4.93. The van der Waals surface area contributed by atoms with Gasteiger partial charge in [-0.1, -0.05) is 39.0 Å². The Morgan fingerprint density at radius 1 is 1.25 bits per heavy atom. The van der Waals surface area contributed by atoms with Crippen molar-refractivity contribution in [2.75, 3.05) is 6.54 Å². The molecular formula is C20H27N3O. The number of aromatic nitrogens is 1. The van der Waals surface area contributed by atoms with Crippen molar-refractivity contribution in [2.24, 2.45) is 5.92 Å². The minimum atomic E-state index is 0.0342. The number of hydrogen-bond acceptors (Lipinski definition) is 1. The fraction of sp³-hybridized carbons (Fsp3) is 0.450. The largest absolute Gasteiger partial charge is 0.338 e. The summed E-state index contributed by atoms with van der Waals surface area (Å²) >= 11 is 0. The molecule has 0 saturated carbocycles. The monoisotopic (exact) mass is 325 g/mol. The van der Waals surface area contributed by atoms with E-state index in [1.54, 1.807) is 0 Å². The third kappa shape index (κ3) is 3.18. The smallest absolute Gasteiger partial charge is 0.318 e. The van der Waals surface area contributed by atoms with Crippen LogP contribution in [0.5, 0.6) is 0 Å². The van der Waals surface area contributed by atoms with Gasteiger partial charge >= 0.3 is 6.03 Å². The molecule has 0 bridgehead atoms. The molecule has 0 spiro atoms. The number of rotatable bonds is 4. The molecule has 0 aliphatic carbocycles. The van der Waals surface area contributed by atoms with Crippen LogP contribution >= 0.6 is 0 Å². The molecular weight excluding hydrogens is 298 g/mol. The zero-order valence-corrected chi connectivity index (χ0v) is 14.8. The summed E-state index contributed by atoms with van der Waals surface area (Å²) < 4.78 is 2.23. The van der Waals surface area contributed by atoms with E-state index in [9.17, 15) is 4.79 Å². The number of urea groups is 1. The van der Waals surface area contributed by atoms with Crippen LogP contribution in [-0.4, -0.2) is 22.0 Å². The van der Waals surface area contributed by atoms with E-state index < -0.39 is 0 Å². The first-order chi connectivity index (χ1) is 11.6. The Morgan fingerprint density at radius 2 is 2.04 bits per heavy atom. The number of carbonyl (C=O) groups excluding carboxylic acids is 1. The molecule has 0 fully saturated rings. The SMILES string of the molecule is CCC1c2cccn2-c2ccccc2CN1C(=O)NCCC(C)C. The number of fused-ring (bicyclic) bond motifs is 3. The lowest BCUT2D eigenvalue weighted by molar-refractivity contribution is 0.167. The maximum atomic E-state index is 12.8. The van der Waals surface area contributed by atoms with Crippen molar-refractivity contribution < 1.29 is 4.79 Å². The first-order valence-electron chi connectivity index (χ1n) is 8.91. The van der Waals surface area contributed by atoms with Gasteiger partial charge in [0, 0.05) is 18.4 Å². The van der Waals surface area contributed by atoms with Crippen LogP contribution in [0, 0.1) is 5.92 Å². The Hall–Kier alpha value is -2.23. The predicted molar refractivity (Wildman–Crippen MR) is 97.2 cm³/mol. The van der Waals surface area contributed by atoms with E-state index in [0.29, 0.717) is 12.5 Å². The van der Waals surface area contributed by atoms with E-state index >= 15 is 0 Å². The summed E-state index contributed by atoms with van der Waals surface area (Å²) in [5.74, 6) is 0.592. The summed E-state index contributed by atoms with van der Waals surface area (Å²) in [6, 6.07) is 12.7. The first-order valence-corrected chi connectivity index (χ1v) is 8.91. The highest BCUT2D eigenvalue weighted by atomic mass is 16.2.